The molecule has 0 fully saturated rings. The Hall–Kier alpha value is -2.84. The third-order valence-corrected chi connectivity index (χ3v) is 6.95. The van der Waals surface area contributed by atoms with Crippen molar-refractivity contribution >= 4 is 53.6 Å². The number of thiol groups is 1. The maximum atomic E-state index is 13.4. The van der Waals surface area contributed by atoms with Crippen molar-refractivity contribution in [2.24, 2.45) is 29.2 Å². The van der Waals surface area contributed by atoms with Gasteiger partial charge in [0.05, 0.1) is 24.6 Å². The molecule has 13 nitrogen and oxygen atoms in total. The van der Waals surface area contributed by atoms with Crippen LogP contribution in [0.5, 0.6) is 0 Å². The highest BCUT2D eigenvalue weighted by Crippen LogP contribution is 2.20. The lowest BCUT2D eigenvalue weighted by atomic mass is 9.86. The number of amides is 3. The van der Waals surface area contributed by atoms with Crippen LogP contribution in [-0.4, -0.2) is 81.7 Å². The van der Waals surface area contributed by atoms with E-state index in [0.29, 0.717) is 25.0 Å². The summed E-state index contributed by atoms with van der Waals surface area (Å²) in [5.74, 6) is -6.52. The molecule has 0 aromatic heterocycles. The summed E-state index contributed by atoms with van der Waals surface area (Å²) in [6, 6.07) is -3.50. The fourth-order valence-electron chi connectivity index (χ4n) is 3.89. The molecule has 0 aliphatic rings. The first-order valence-corrected chi connectivity index (χ1v) is 14.0. The Kier molecular flexibility index (Phi) is 17.9. The number of carboxylic acid groups (broad SMARTS) is 1. The molecular weight excluding hydrogens is 542 g/mol. The van der Waals surface area contributed by atoms with Gasteiger partial charge in [0.1, 0.15) is 6.04 Å². The van der Waals surface area contributed by atoms with Crippen LogP contribution in [0.3, 0.4) is 0 Å². The first-order chi connectivity index (χ1) is 18.6. The molecule has 0 radical (unpaired) electrons. The number of Topliss-reactive ketones (excluding diaryl/α,β-unsaturated/α-hetero) is 2. The SMILES string of the molecule is CC(=N)CCCC[C@H](NC(=O)[C@H](CS)CC(=O)[C@@H](N)CO)C(=O)C[C@H](C(=O)N[C@@H](CCC(N)=O)C(=O)O)C(C)C. The summed E-state index contributed by atoms with van der Waals surface area (Å²) in [5.41, 5.74) is 11.1. The Bertz CT molecular complexity index is 914. The van der Waals surface area contributed by atoms with Crippen molar-refractivity contribution in [3.8, 4) is 0 Å². The number of hydrogen-bond donors (Lipinski definition) is 8. The number of aliphatic hydroxyl groups is 1. The number of aliphatic hydroxyl groups excluding tert-OH is 1. The number of ketones is 2. The minimum absolute atomic E-state index is 0.0114. The predicted octanol–water partition coefficient (Wildman–Crippen LogP) is -0.0376. The fraction of sp³-hybridized carbons (Fsp3) is 0.731. The first-order valence-electron chi connectivity index (χ1n) is 13.3. The minimum atomic E-state index is -1.37. The standard InChI is InChI=1S/C26H45N5O8S/c1-14(2)17(25(37)31-20(26(38)39)8-9-23(29)35)11-22(34)19(7-5-4-6-15(3)27)30-24(36)16(13-40)10-21(33)18(28)12-32/h14,16-20,27,32,40H,4-13,28H2,1-3H3,(H2,29,35)(H,30,36)(H,31,37)(H,38,39)/t16-,17-,18-,19-,20-/m0/s1. The van der Waals surface area contributed by atoms with E-state index in [1.54, 1.807) is 20.8 Å². The monoisotopic (exact) mass is 587 g/mol. The summed E-state index contributed by atoms with van der Waals surface area (Å²) in [5, 5.41) is 31.2. The topological polar surface area (TPSA) is 243 Å². The van der Waals surface area contributed by atoms with E-state index in [4.69, 9.17) is 22.0 Å². The van der Waals surface area contributed by atoms with Crippen molar-refractivity contribution in [3.63, 3.8) is 0 Å². The molecule has 0 heterocycles. The van der Waals surface area contributed by atoms with Gasteiger partial charge in [-0.15, -0.1) is 0 Å². The van der Waals surface area contributed by atoms with Gasteiger partial charge in [-0.25, -0.2) is 4.79 Å². The quantitative estimate of drug-likeness (QED) is 0.0480. The van der Waals surface area contributed by atoms with Crippen molar-refractivity contribution in [2.45, 2.75) is 90.3 Å². The number of carbonyl (C=O) groups excluding carboxylic acids is 5. The van der Waals surface area contributed by atoms with Crippen molar-refractivity contribution in [2.75, 3.05) is 12.4 Å². The summed E-state index contributed by atoms with van der Waals surface area (Å²) in [6.07, 6.45) is 0.824. The van der Waals surface area contributed by atoms with Crippen LogP contribution in [0, 0.1) is 23.2 Å². The molecule has 14 heteroatoms. The Balaban J connectivity index is 5.71. The van der Waals surface area contributed by atoms with Crippen molar-refractivity contribution in [3.05, 3.63) is 0 Å². The zero-order valence-electron chi connectivity index (χ0n) is 23.5. The average molecular weight is 588 g/mol. The molecule has 0 saturated carbocycles. The molecule has 0 aliphatic heterocycles. The largest absolute Gasteiger partial charge is 0.480 e. The first kappa shape index (κ1) is 37.2. The van der Waals surface area contributed by atoms with E-state index in [2.05, 4.69) is 23.3 Å². The molecule has 3 amide bonds. The van der Waals surface area contributed by atoms with Gasteiger partial charge in [0.15, 0.2) is 11.6 Å². The number of unbranched alkanes of at least 4 members (excludes halogenated alkanes) is 1. The molecule has 5 atom stereocenters. The lowest BCUT2D eigenvalue weighted by Crippen LogP contribution is -2.48. The van der Waals surface area contributed by atoms with Crippen LogP contribution >= 0.6 is 12.6 Å². The van der Waals surface area contributed by atoms with Gasteiger partial charge in [-0.05, 0) is 38.5 Å². The average Bonchev–Trinajstić information content (AvgIpc) is 2.87. The molecule has 0 saturated heterocycles. The van der Waals surface area contributed by atoms with E-state index in [1.165, 1.54) is 0 Å². The zero-order valence-corrected chi connectivity index (χ0v) is 24.4. The van der Waals surface area contributed by atoms with Crippen LogP contribution in [-0.2, 0) is 28.8 Å². The Labute approximate surface area is 240 Å². The summed E-state index contributed by atoms with van der Waals surface area (Å²) in [4.78, 5) is 74.2. The molecular formula is C26H45N5O8S. The molecule has 228 valence electrons. The highest BCUT2D eigenvalue weighted by molar-refractivity contribution is 7.80. The van der Waals surface area contributed by atoms with Crippen LogP contribution in [0.15, 0.2) is 0 Å². The molecule has 0 spiro atoms. The second-order valence-corrected chi connectivity index (χ2v) is 10.7. The van der Waals surface area contributed by atoms with Crippen LogP contribution in [0.25, 0.3) is 0 Å². The smallest absolute Gasteiger partial charge is 0.326 e. The number of hydrogen-bond acceptors (Lipinski definition) is 10. The number of carbonyl (C=O) groups is 6. The third-order valence-electron chi connectivity index (χ3n) is 6.51. The van der Waals surface area contributed by atoms with Crippen LogP contribution < -0.4 is 22.1 Å². The van der Waals surface area contributed by atoms with Crippen molar-refractivity contribution in [1.82, 2.24) is 10.6 Å². The van der Waals surface area contributed by atoms with Crippen LogP contribution in [0.1, 0.15) is 72.1 Å². The lowest BCUT2D eigenvalue weighted by Gasteiger charge is -2.26. The Morgan fingerprint density at radius 2 is 1.50 bits per heavy atom. The van der Waals surface area contributed by atoms with Gasteiger partial charge in [0.2, 0.25) is 17.7 Å². The number of primary amides is 1. The molecule has 0 unspecified atom stereocenters. The van der Waals surface area contributed by atoms with E-state index in [0.717, 1.165) is 0 Å². The predicted molar refractivity (Wildman–Crippen MR) is 152 cm³/mol. The van der Waals surface area contributed by atoms with Crippen LogP contribution in [0.4, 0.5) is 0 Å². The van der Waals surface area contributed by atoms with Crippen LogP contribution in [0.2, 0.25) is 0 Å². The normalized spacial score (nSPS) is 14.9. The van der Waals surface area contributed by atoms with E-state index in [9.17, 15) is 33.9 Å². The van der Waals surface area contributed by atoms with Gasteiger partial charge in [-0.3, -0.25) is 24.0 Å². The highest BCUT2D eigenvalue weighted by Gasteiger charge is 2.33. The molecule has 0 aromatic rings. The second kappa shape index (κ2) is 19.3. The number of nitrogens with one attached hydrogen (secondary N) is 3. The molecule has 0 aromatic carbocycles. The van der Waals surface area contributed by atoms with Crippen molar-refractivity contribution < 1.29 is 39.0 Å². The van der Waals surface area contributed by atoms with Crippen molar-refractivity contribution in [1.29, 1.82) is 5.41 Å². The van der Waals surface area contributed by atoms with E-state index >= 15 is 0 Å². The van der Waals surface area contributed by atoms with E-state index < -0.39 is 71.8 Å². The lowest BCUT2D eigenvalue weighted by molar-refractivity contribution is -0.143. The second-order valence-electron chi connectivity index (χ2n) is 10.4. The van der Waals surface area contributed by atoms with Gasteiger partial charge in [-0.1, -0.05) is 20.3 Å². The molecule has 0 bridgehead atoms. The summed E-state index contributed by atoms with van der Waals surface area (Å²) >= 11 is 4.14. The molecule has 0 aliphatic carbocycles. The Morgan fingerprint density at radius 1 is 0.900 bits per heavy atom. The highest BCUT2D eigenvalue weighted by atomic mass is 32.1. The summed E-state index contributed by atoms with van der Waals surface area (Å²) < 4.78 is 0. The van der Waals surface area contributed by atoms with Gasteiger partial charge < -0.3 is 37.7 Å². The van der Waals surface area contributed by atoms with Gasteiger partial charge >= 0.3 is 5.97 Å². The van der Waals surface area contributed by atoms with E-state index in [1.807, 2.05) is 0 Å². The third kappa shape index (κ3) is 14.5. The minimum Gasteiger partial charge on any atom is -0.480 e. The van der Waals surface area contributed by atoms with Gasteiger partial charge in [-0.2, -0.15) is 12.6 Å². The number of aliphatic carboxylic acids is 1. The molecule has 0 rings (SSSR count). The molecule has 40 heavy (non-hydrogen) atoms. The number of nitrogens with two attached hydrogens (primary N) is 2. The molecule has 9 N–H and O–H groups in total. The zero-order chi connectivity index (χ0) is 31.0. The summed E-state index contributed by atoms with van der Waals surface area (Å²) in [7, 11) is 0. The Morgan fingerprint density at radius 3 is 1.98 bits per heavy atom. The summed E-state index contributed by atoms with van der Waals surface area (Å²) in [6.45, 7) is 4.49. The van der Waals surface area contributed by atoms with Gasteiger partial charge in [0.25, 0.3) is 0 Å². The number of rotatable bonds is 22. The van der Waals surface area contributed by atoms with E-state index in [-0.39, 0.29) is 43.8 Å². The maximum Gasteiger partial charge on any atom is 0.326 e. The maximum absolute atomic E-state index is 13.4. The van der Waals surface area contributed by atoms with Gasteiger partial charge in [0, 0.05) is 36.6 Å². The fourth-order valence-corrected chi connectivity index (χ4v) is 4.19. The number of carboxylic acids is 1.